The predicted molar refractivity (Wildman–Crippen MR) is 90.2 cm³/mol. The molecule has 2 heteroatoms. The van der Waals surface area contributed by atoms with Crippen molar-refractivity contribution in [1.29, 1.82) is 0 Å². The molecule has 0 bridgehead atoms. The predicted octanol–water partition coefficient (Wildman–Crippen LogP) is 4.16. The summed E-state index contributed by atoms with van der Waals surface area (Å²) in [5, 5.41) is 3.59. The molecule has 0 aromatic rings. The lowest BCUT2D eigenvalue weighted by Gasteiger charge is -2.43. The lowest BCUT2D eigenvalue weighted by atomic mass is 9.74. The Labute approximate surface area is 127 Å². The standard InChI is InChI=1S/C18H38N2/c1-7-17(8-2)20(13-15(3)4)14-18(5,6)16-10-9-11-19-12-16/h15-17,19H,7-14H2,1-6H3. The van der Waals surface area contributed by atoms with Crippen molar-refractivity contribution < 1.29 is 0 Å². The summed E-state index contributed by atoms with van der Waals surface area (Å²) >= 11 is 0. The largest absolute Gasteiger partial charge is 0.316 e. The number of nitrogens with zero attached hydrogens (tertiary/aromatic N) is 1. The molecule has 0 aliphatic carbocycles. The number of hydrogen-bond donors (Lipinski definition) is 1. The number of nitrogens with one attached hydrogen (secondary N) is 1. The third-order valence-electron chi connectivity index (χ3n) is 5.07. The molecule has 0 amide bonds. The molecule has 1 unspecified atom stereocenters. The average Bonchev–Trinajstić information content (AvgIpc) is 2.40. The highest BCUT2D eigenvalue weighted by atomic mass is 15.2. The highest BCUT2D eigenvalue weighted by Gasteiger charge is 2.33. The Morgan fingerprint density at radius 2 is 1.85 bits per heavy atom. The van der Waals surface area contributed by atoms with Crippen molar-refractivity contribution in [1.82, 2.24) is 10.2 Å². The third kappa shape index (κ3) is 5.37. The second-order valence-corrected chi connectivity index (χ2v) is 7.83. The maximum Gasteiger partial charge on any atom is 0.00903 e. The zero-order chi connectivity index (χ0) is 15.2. The van der Waals surface area contributed by atoms with Gasteiger partial charge in [-0.25, -0.2) is 0 Å². The van der Waals surface area contributed by atoms with Crippen LogP contribution < -0.4 is 5.32 Å². The molecule has 0 radical (unpaired) electrons. The van der Waals surface area contributed by atoms with Crippen molar-refractivity contribution in [2.75, 3.05) is 26.2 Å². The average molecular weight is 283 g/mol. The van der Waals surface area contributed by atoms with E-state index < -0.39 is 0 Å². The fraction of sp³-hybridized carbons (Fsp3) is 1.00. The van der Waals surface area contributed by atoms with Crippen LogP contribution in [0.4, 0.5) is 0 Å². The van der Waals surface area contributed by atoms with Gasteiger partial charge in [0.25, 0.3) is 0 Å². The summed E-state index contributed by atoms with van der Waals surface area (Å²) in [4.78, 5) is 2.78. The Kier molecular flexibility index (Phi) is 7.53. The topological polar surface area (TPSA) is 15.3 Å². The summed E-state index contributed by atoms with van der Waals surface area (Å²) < 4.78 is 0. The van der Waals surface area contributed by atoms with Gasteiger partial charge in [-0.3, -0.25) is 4.90 Å². The summed E-state index contributed by atoms with van der Waals surface area (Å²) in [6.45, 7) is 19.3. The van der Waals surface area contributed by atoms with Crippen LogP contribution in [0, 0.1) is 17.3 Å². The minimum atomic E-state index is 0.422. The molecule has 1 aliphatic rings. The van der Waals surface area contributed by atoms with E-state index in [1.165, 1.54) is 51.9 Å². The van der Waals surface area contributed by atoms with Crippen LogP contribution in [-0.2, 0) is 0 Å². The molecule has 1 heterocycles. The first-order valence-corrected chi connectivity index (χ1v) is 8.85. The monoisotopic (exact) mass is 282 g/mol. The van der Waals surface area contributed by atoms with E-state index in [1.807, 2.05) is 0 Å². The van der Waals surface area contributed by atoms with Gasteiger partial charge in [0.2, 0.25) is 0 Å². The number of hydrogen-bond acceptors (Lipinski definition) is 2. The quantitative estimate of drug-likeness (QED) is 0.719. The van der Waals surface area contributed by atoms with Gasteiger partial charge in [0, 0.05) is 19.1 Å². The molecule has 1 saturated heterocycles. The summed E-state index contributed by atoms with van der Waals surface area (Å²) in [5.41, 5.74) is 0.422. The molecule has 1 rings (SSSR count). The van der Waals surface area contributed by atoms with Crippen molar-refractivity contribution in [3.05, 3.63) is 0 Å². The van der Waals surface area contributed by atoms with Crippen LogP contribution in [0.1, 0.15) is 67.2 Å². The Bertz CT molecular complexity index is 250. The second kappa shape index (κ2) is 8.38. The lowest BCUT2D eigenvalue weighted by Crippen LogP contribution is -2.48. The van der Waals surface area contributed by atoms with E-state index >= 15 is 0 Å². The lowest BCUT2D eigenvalue weighted by molar-refractivity contribution is 0.0626. The van der Waals surface area contributed by atoms with Crippen LogP contribution in [-0.4, -0.2) is 37.1 Å². The van der Waals surface area contributed by atoms with Gasteiger partial charge >= 0.3 is 0 Å². The Morgan fingerprint density at radius 1 is 1.20 bits per heavy atom. The fourth-order valence-electron chi connectivity index (χ4n) is 3.79. The molecule has 1 atom stereocenters. The minimum Gasteiger partial charge on any atom is -0.316 e. The number of rotatable bonds is 8. The molecule has 0 saturated carbocycles. The van der Waals surface area contributed by atoms with Gasteiger partial charge < -0.3 is 5.32 Å². The molecule has 1 fully saturated rings. The van der Waals surface area contributed by atoms with Crippen molar-refractivity contribution in [2.45, 2.75) is 73.3 Å². The molecule has 1 aliphatic heterocycles. The van der Waals surface area contributed by atoms with Gasteiger partial charge in [-0.1, -0.05) is 41.5 Å². The van der Waals surface area contributed by atoms with Gasteiger partial charge in [0.05, 0.1) is 0 Å². The summed E-state index contributed by atoms with van der Waals surface area (Å²) in [7, 11) is 0. The Morgan fingerprint density at radius 3 is 2.30 bits per heavy atom. The van der Waals surface area contributed by atoms with E-state index in [-0.39, 0.29) is 0 Å². The van der Waals surface area contributed by atoms with Crippen LogP contribution in [0.25, 0.3) is 0 Å². The molecular weight excluding hydrogens is 244 g/mol. The summed E-state index contributed by atoms with van der Waals surface area (Å²) in [5.74, 6) is 1.59. The summed E-state index contributed by atoms with van der Waals surface area (Å²) in [6.07, 6.45) is 5.31. The highest BCUT2D eigenvalue weighted by molar-refractivity contribution is 4.87. The van der Waals surface area contributed by atoms with Crippen LogP contribution in [0.15, 0.2) is 0 Å². The van der Waals surface area contributed by atoms with Gasteiger partial charge in [0.1, 0.15) is 0 Å². The SMILES string of the molecule is CCC(CC)N(CC(C)C)CC(C)(C)C1CCCNC1. The molecule has 0 aromatic heterocycles. The van der Waals surface area contributed by atoms with Crippen LogP contribution >= 0.6 is 0 Å². The molecule has 120 valence electrons. The smallest absolute Gasteiger partial charge is 0.00903 e. The first-order chi connectivity index (χ1) is 9.40. The van der Waals surface area contributed by atoms with Crippen molar-refractivity contribution in [3.63, 3.8) is 0 Å². The van der Waals surface area contributed by atoms with Crippen LogP contribution in [0.5, 0.6) is 0 Å². The first-order valence-electron chi connectivity index (χ1n) is 8.85. The van der Waals surface area contributed by atoms with Gasteiger partial charge in [-0.05, 0) is 56.0 Å². The van der Waals surface area contributed by atoms with E-state index in [4.69, 9.17) is 0 Å². The number of piperidine rings is 1. The van der Waals surface area contributed by atoms with Crippen molar-refractivity contribution in [3.8, 4) is 0 Å². The van der Waals surface area contributed by atoms with Gasteiger partial charge in [0.15, 0.2) is 0 Å². The molecule has 0 aromatic carbocycles. The molecular formula is C18H38N2. The maximum atomic E-state index is 3.59. The van der Waals surface area contributed by atoms with Crippen LogP contribution in [0.2, 0.25) is 0 Å². The van der Waals surface area contributed by atoms with Gasteiger partial charge in [-0.15, -0.1) is 0 Å². The third-order valence-corrected chi connectivity index (χ3v) is 5.07. The molecule has 2 nitrogen and oxygen atoms in total. The van der Waals surface area contributed by atoms with E-state index in [2.05, 4.69) is 51.8 Å². The molecule has 1 N–H and O–H groups in total. The first kappa shape index (κ1) is 18.0. The normalized spacial score (nSPS) is 21.1. The second-order valence-electron chi connectivity index (χ2n) is 7.83. The zero-order valence-electron chi connectivity index (χ0n) is 14.8. The molecule has 0 spiro atoms. The van der Waals surface area contributed by atoms with Crippen molar-refractivity contribution in [2.24, 2.45) is 17.3 Å². The van der Waals surface area contributed by atoms with Gasteiger partial charge in [-0.2, -0.15) is 0 Å². The van der Waals surface area contributed by atoms with E-state index in [9.17, 15) is 0 Å². The maximum absolute atomic E-state index is 3.59. The zero-order valence-corrected chi connectivity index (χ0v) is 14.8. The Balaban J connectivity index is 2.70. The van der Waals surface area contributed by atoms with E-state index in [0.29, 0.717) is 5.41 Å². The minimum absolute atomic E-state index is 0.422. The summed E-state index contributed by atoms with van der Waals surface area (Å²) in [6, 6.07) is 0.758. The highest BCUT2D eigenvalue weighted by Crippen LogP contribution is 2.33. The molecule has 20 heavy (non-hydrogen) atoms. The van der Waals surface area contributed by atoms with E-state index in [1.54, 1.807) is 0 Å². The van der Waals surface area contributed by atoms with E-state index in [0.717, 1.165) is 17.9 Å². The Hall–Kier alpha value is -0.0800. The van der Waals surface area contributed by atoms with Crippen molar-refractivity contribution >= 4 is 0 Å². The fourth-order valence-corrected chi connectivity index (χ4v) is 3.79. The van der Waals surface area contributed by atoms with Crippen LogP contribution in [0.3, 0.4) is 0 Å².